The maximum absolute atomic E-state index is 12.3. The molecule has 4 N–H and O–H groups in total. The summed E-state index contributed by atoms with van der Waals surface area (Å²) in [5, 5.41) is 19.4. The summed E-state index contributed by atoms with van der Waals surface area (Å²) >= 11 is 0. The number of carbonyl (C=O) groups is 2. The Kier molecular flexibility index (Phi) is 8.41. The molecule has 0 unspecified atom stereocenters. The van der Waals surface area contributed by atoms with E-state index in [0.29, 0.717) is 29.4 Å². The highest BCUT2D eigenvalue weighted by Crippen LogP contribution is 2.34. The second-order valence-corrected chi connectivity index (χ2v) is 7.20. The number of urea groups is 1. The molecule has 2 amide bonds. The van der Waals surface area contributed by atoms with Gasteiger partial charge in [-0.05, 0) is 49.2 Å². The second kappa shape index (κ2) is 11.7. The van der Waals surface area contributed by atoms with Crippen LogP contribution in [-0.2, 0) is 9.53 Å². The fourth-order valence-corrected chi connectivity index (χ4v) is 3.27. The quantitative estimate of drug-likeness (QED) is 0.178. The minimum atomic E-state index is -1.08. The third kappa shape index (κ3) is 6.23. The lowest BCUT2D eigenvalue weighted by Crippen LogP contribution is -2.45. The van der Waals surface area contributed by atoms with Gasteiger partial charge < -0.3 is 30.0 Å². The molecule has 11 heteroatoms. The smallest absolute Gasteiger partial charge is 0.337 e. The van der Waals surface area contributed by atoms with E-state index in [1.165, 1.54) is 7.11 Å². The number of allylic oxidation sites excluding steroid dienone is 1. The highest BCUT2D eigenvalue weighted by molar-refractivity contribution is 5.95. The molecule has 34 heavy (non-hydrogen) atoms. The van der Waals surface area contributed by atoms with Crippen LogP contribution in [0.3, 0.4) is 0 Å². The standard InChI is InChI=1S/C23H27N5O6/c1-4-33-18-11-16(21-20(22(30)32-3)14(2)26-23(31)27-21)5-6-17(18)34-13-19(29)28-25-12-15-7-9-24-10-8-15/h5-12,19,21,28-29H,4,13H2,1-3H3,(H2,26,27,31)/b25-12-/t19-,21-/m1/s1. The maximum atomic E-state index is 12.3. The highest BCUT2D eigenvalue weighted by atomic mass is 16.5. The Bertz CT molecular complexity index is 1070. The van der Waals surface area contributed by atoms with Gasteiger partial charge in [-0.25, -0.2) is 9.59 Å². The van der Waals surface area contributed by atoms with Crippen molar-refractivity contribution < 1.29 is 28.9 Å². The van der Waals surface area contributed by atoms with Gasteiger partial charge in [0.15, 0.2) is 17.7 Å². The van der Waals surface area contributed by atoms with E-state index < -0.39 is 24.3 Å². The summed E-state index contributed by atoms with van der Waals surface area (Å²) < 4.78 is 16.3. The molecule has 0 aliphatic carbocycles. The zero-order valence-electron chi connectivity index (χ0n) is 19.1. The van der Waals surface area contributed by atoms with Crippen LogP contribution in [0.25, 0.3) is 0 Å². The number of rotatable bonds is 10. The van der Waals surface area contributed by atoms with Gasteiger partial charge in [0.25, 0.3) is 0 Å². The molecule has 2 heterocycles. The SMILES string of the molecule is CCOc1cc([C@H]2NC(=O)NC(C)=C2C(=O)OC)ccc1OC[C@@H](O)N/N=C\c1ccncc1. The summed E-state index contributed by atoms with van der Waals surface area (Å²) in [6.45, 7) is 3.69. The van der Waals surface area contributed by atoms with Gasteiger partial charge in [-0.3, -0.25) is 10.4 Å². The van der Waals surface area contributed by atoms with Crippen LogP contribution in [0, 0.1) is 0 Å². The zero-order chi connectivity index (χ0) is 24.5. The number of benzene rings is 1. The average molecular weight is 469 g/mol. The van der Waals surface area contributed by atoms with Gasteiger partial charge in [-0.2, -0.15) is 5.10 Å². The lowest BCUT2D eigenvalue weighted by Gasteiger charge is -2.28. The predicted octanol–water partition coefficient (Wildman–Crippen LogP) is 1.60. The van der Waals surface area contributed by atoms with E-state index in [9.17, 15) is 14.7 Å². The fraction of sp³-hybridized carbons (Fsp3) is 0.304. The summed E-state index contributed by atoms with van der Waals surface area (Å²) in [5.41, 5.74) is 4.69. The summed E-state index contributed by atoms with van der Waals surface area (Å²) in [6.07, 6.45) is 3.75. The number of aromatic nitrogens is 1. The summed E-state index contributed by atoms with van der Waals surface area (Å²) in [6, 6.07) is 7.40. The van der Waals surface area contributed by atoms with Crippen molar-refractivity contribution in [3.05, 3.63) is 65.1 Å². The number of nitrogens with one attached hydrogen (secondary N) is 3. The van der Waals surface area contributed by atoms with Gasteiger partial charge in [-0.15, -0.1) is 0 Å². The van der Waals surface area contributed by atoms with Crippen molar-refractivity contribution in [3.8, 4) is 11.5 Å². The summed E-state index contributed by atoms with van der Waals surface area (Å²) in [7, 11) is 1.28. The van der Waals surface area contributed by atoms with Crippen molar-refractivity contribution in [3.63, 3.8) is 0 Å². The van der Waals surface area contributed by atoms with Crippen LogP contribution in [0.5, 0.6) is 11.5 Å². The molecular weight excluding hydrogens is 442 g/mol. The molecule has 0 fully saturated rings. The third-order valence-electron chi connectivity index (χ3n) is 4.82. The van der Waals surface area contributed by atoms with Crippen LogP contribution in [0.1, 0.15) is 31.0 Å². The van der Waals surface area contributed by atoms with Crippen LogP contribution < -0.4 is 25.5 Å². The molecule has 0 saturated heterocycles. The number of ether oxygens (including phenoxy) is 3. The van der Waals surface area contributed by atoms with Crippen molar-refractivity contribution in [1.82, 2.24) is 21.0 Å². The molecule has 180 valence electrons. The number of nitrogens with zero attached hydrogens (tertiary/aromatic N) is 2. The lowest BCUT2D eigenvalue weighted by molar-refractivity contribution is -0.136. The molecule has 0 bridgehead atoms. The normalized spacial score (nSPS) is 16.5. The predicted molar refractivity (Wildman–Crippen MR) is 123 cm³/mol. The van der Waals surface area contributed by atoms with Gasteiger partial charge in [0.2, 0.25) is 0 Å². The maximum Gasteiger partial charge on any atom is 0.337 e. The molecule has 1 aliphatic heterocycles. The van der Waals surface area contributed by atoms with Crippen molar-refractivity contribution in [2.24, 2.45) is 5.10 Å². The van der Waals surface area contributed by atoms with E-state index in [0.717, 1.165) is 5.56 Å². The lowest BCUT2D eigenvalue weighted by atomic mass is 9.95. The molecule has 0 saturated carbocycles. The van der Waals surface area contributed by atoms with E-state index in [1.54, 1.807) is 55.9 Å². The van der Waals surface area contributed by atoms with Gasteiger partial charge in [-0.1, -0.05) is 6.07 Å². The van der Waals surface area contributed by atoms with E-state index in [1.807, 2.05) is 6.92 Å². The van der Waals surface area contributed by atoms with E-state index in [2.05, 4.69) is 26.1 Å². The van der Waals surface area contributed by atoms with Crippen LogP contribution in [0.15, 0.2) is 59.1 Å². The largest absolute Gasteiger partial charge is 0.490 e. The number of hydrogen-bond acceptors (Lipinski definition) is 9. The molecule has 1 aliphatic rings. The Morgan fingerprint density at radius 2 is 2.03 bits per heavy atom. The first-order valence-corrected chi connectivity index (χ1v) is 10.6. The van der Waals surface area contributed by atoms with Gasteiger partial charge >= 0.3 is 12.0 Å². The molecule has 0 spiro atoms. The minimum absolute atomic E-state index is 0.108. The Hall–Kier alpha value is -4.12. The molecule has 11 nitrogen and oxygen atoms in total. The van der Waals surface area contributed by atoms with Gasteiger partial charge in [0, 0.05) is 18.1 Å². The highest BCUT2D eigenvalue weighted by Gasteiger charge is 2.32. The van der Waals surface area contributed by atoms with Crippen LogP contribution in [0.4, 0.5) is 4.79 Å². The first-order chi connectivity index (χ1) is 16.4. The number of aliphatic hydroxyl groups is 1. The molecule has 0 radical (unpaired) electrons. The van der Waals surface area contributed by atoms with Crippen LogP contribution >= 0.6 is 0 Å². The number of hydrazone groups is 1. The van der Waals surface area contributed by atoms with E-state index >= 15 is 0 Å². The number of pyridine rings is 1. The fourth-order valence-electron chi connectivity index (χ4n) is 3.27. The van der Waals surface area contributed by atoms with Gasteiger partial charge in [0.1, 0.15) is 6.61 Å². The molecule has 2 atom stereocenters. The van der Waals surface area contributed by atoms with Crippen molar-refractivity contribution >= 4 is 18.2 Å². The second-order valence-electron chi connectivity index (χ2n) is 7.20. The molecule has 2 aromatic rings. The number of carbonyl (C=O) groups excluding carboxylic acids is 2. The number of methoxy groups -OCH3 is 1. The third-order valence-corrected chi connectivity index (χ3v) is 4.82. The Balaban J connectivity index is 1.72. The molecular formula is C23H27N5O6. The Labute approximate surface area is 196 Å². The topological polar surface area (TPSA) is 143 Å². The van der Waals surface area contributed by atoms with Crippen molar-refractivity contribution in [1.29, 1.82) is 0 Å². The van der Waals surface area contributed by atoms with E-state index in [4.69, 9.17) is 14.2 Å². The summed E-state index contributed by atoms with van der Waals surface area (Å²) in [5.74, 6) is 0.210. The van der Waals surface area contributed by atoms with Gasteiger partial charge in [0.05, 0.1) is 31.5 Å². The number of hydrogen-bond donors (Lipinski definition) is 4. The molecule has 3 rings (SSSR count). The number of aliphatic hydroxyl groups excluding tert-OH is 1. The first kappa shape index (κ1) is 24.5. The van der Waals surface area contributed by atoms with Crippen molar-refractivity contribution in [2.75, 3.05) is 20.3 Å². The first-order valence-electron chi connectivity index (χ1n) is 10.6. The molecule has 1 aromatic heterocycles. The Morgan fingerprint density at radius 3 is 2.74 bits per heavy atom. The summed E-state index contributed by atoms with van der Waals surface area (Å²) in [4.78, 5) is 28.3. The molecule has 1 aromatic carbocycles. The minimum Gasteiger partial charge on any atom is -0.490 e. The van der Waals surface area contributed by atoms with E-state index in [-0.39, 0.29) is 12.2 Å². The van der Waals surface area contributed by atoms with Crippen LogP contribution in [0.2, 0.25) is 0 Å². The van der Waals surface area contributed by atoms with Crippen LogP contribution in [-0.4, -0.2) is 54.9 Å². The van der Waals surface area contributed by atoms with Crippen molar-refractivity contribution in [2.45, 2.75) is 26.1 Å². The Morgan fingerprint density at radius 1 is 1.26 bits per heavy atom. The zero-order valence-corrected chi connectivity index (χ0v) is 19.1. The number of esters is 1. The number of amides is 2. The average Bonchev–Trinajstić information content (AvgIpc) is 2.83. The monoisotopic (exact) mass is 469 g/mol.